The summed E-state index contributed by atoms with van der Waals surface area (Å²) in [6.45, 7) is 6.37. The Bertz CT molecular complexity index is 1250. The van der Waals surface area contributed by atoms with Gasteiger partial charge in [0.15, 0.2) is 0 Å². The maximum absolute atomic E-state index is 13.7. The summed E-state index contributed by atoms with van der Waals surface area (Å²) in [6, 6.07) is 20.0. The number of imide groups is 1. The number of hydrogen-bond donors (Lipinski definition) is 1. The van der Waals surface area contributed by atoms with E-state index >= 15 is 0 Å². The topological polar surface area (TPSA) is 67.9 Å². The highest BCUT2D eigenvalue weighted by atomic mass is 16.5. The molecule has 0 bridgehead atoms. The molecule has 6 heteroatoms. The second-order valence-corrected chi connectivity index (χ2v) is 7.77. The first-order chi connectivity index (χ1) is 15.9. The summed E-state index contributed by atoms with van der Waals surface area (Å²) in [5.74, 6) is 0.443. The molecule has 3 aromatic carbocycles. The molecule has 3 aromatic rings. The third kappa shape index (κ3) is 4.20. The summed E-state index contributed by atoms with van der Waals surface area (Å²) in [5.41, 5.74) is 4.34. The van der Waals surface area contributed by atoms with E-state index in [0.717, 1.165) is 11.1 Å². The van der Waals surface area contributed by atoms with Gasteiger partial charge in [0, 0.05) is 0 Å². The van der Waals surface area contributed by atoms with E-state index in [-0.39, 0.29) is 11.6 Å². The maximum Gasteiger partial charge on any atom is 0.282 e. The monoisotopic (exact) mass is 442 g/mol. The van der Waals surface area contributed by atoms with Gasteiger partial charge < -0.3 is 14.8 Å². The Hall–Kier alpha value is -4.06. The fourth-order valence-corrected chi connectivity index (χ4v) is 3.96. The van der Waals surface area contributed by atoms with E-state index in [1.54, 1.807) is 37.4 Å². The van der Waals surface area contributed by atoms with Crippen molar-refractivity contribution in [3.8, 4) is 11.5 Å². The van der Waals surface area contributed by atoms with Gasteiger partial charge in [-0.2, -0.15) is 0 Å². The van der Waals surface area contributed by atoms with Gasteiger partial charge in [0.05, 0.1) is 30.7 Å². The van der Waals surface area contributed by atoms with Crippen LogP contribution in [-0.4, -0.2) is 25.5 Å². The summed E-state index contributed by atoms with van der Waals surface area (Å²) in [6.07, 6.45) is 0. The van der Waals surface area contributed by atoms with E-state index in [9.17, 15) is 9.59 Å². The molecule has 0 saturated carbocycles. The van der Waals surface area contributed by atoms with Crippen LogP contribution in [0.5, 0.6) is 11.5 Å². The van der Waals surface area contributed by atoms with Gasteiger partial charge in [0.25, 0.3) is 11.8 Å². The van der Waals surface area contributed by atoms with Crippen LogP contribution in [0.2, 0.25) is 0 Å². The summed E-state index contributed by atoms with van der Waals surface area (Å²) in [5, 5.41) is 3.18. The Kier molecular flexibility index (Phi) is 6.18. The Labute approximate surface area is 193 Å². The van der Waals surface area contributed by atoms with E-state index in [0.29, 0.717) is 40.6 Å². The van der Waals surface area contributed by atoms with Crippen molar-refractivity contribution in [1.82, 2.24) is 0 Å². The smallest absolute Gasteiger partial charge is 0.282 e. The van der Waals surface area contributed by atoms with Crippen LogP contribution in [0.25, 0.3) is 5.57 Å². The average molecular weight is 443 g/mol. The third-order valence-electron chi connectivity index (χ3n) is 5.51. The number of para-hydroxylation sites is 2. The first-order valence-corrected chi connectivity index (χ1v) is 10.8. The summed E-state index contributed by atoms with van der Waals surface area (Å²) in [7, 11) is 1.56. The Morgan fingerprint density at radius 3 is 2.30 bits per heavy atom. The molecule has 0 spiro atoms. The zero-order chi connectivity index (χ0) is 23.5. The molecule has 1 aliphatic rings. The molecule has 1 aliphatic heterocycles. The Morgan fingerprint density at radius 1 is 0.909 bits per heavy atom. The summed E-state index contributed by atoms with van der Waals surface area (Å²) < 4.78 is 10.9. The number of methoxy groups -OCH3 is 1. The zero-order valence-corrected chi connectivity index (χ0v) is 19.1. The van der Waals surface area contributed by atoms with Crippen LogP contribution in [-0.2, 0) is 9.59 Å². The van der Waals surface area contributed by atoms with E-state index in [1.807, 2.05) is 57.2 Å². The van der Waals surface area contributed by atoms with Crippen LogP contribution in [0, 0.1) is 13.8 Å². The van der Waals surface area contributed by atoms with Gasteiger partial charge in [-0.3, -0.25) is 9.59 Å². The van der Waals surface area contributed by atoms with Gasteiger partial charge in [-0.05, 0) is 68.3 Å². The minimum absolute atomic E-state index is 0.213. The molecule has 2 amide bonds. The fraction of sp³-hybridized carbons (Fsp3) is 0.185. The quantitative estimate of drug-likeness (QED) is 0.515. The number of carbonyl (C=O) groups excluding carboxylic acids is 2. The lowest BCUT2D eigenvalue weighted by molar-refractivity contribution is -0.120. The first-order valence-electron chi connectivity index (χ1n) is 10.8. The molecule has 0 unspecified atom stereocenters. The van der Waals surface area contributed by atoms with Crippen molar-refractivity contribution in [2.45, 2.75) is 20.8 Å². The summed E-state index contributed by atoms with van der Waals surface area (Å²) in [4.78, 5) is 28.5. The van der Waals surface area contributed by atoms with Crippen LogP contribution >= 0.6 is 0 Å². The molecule has 0 aromatic heterocycles. The van der Waals surface area contributed by atoms with Gasteiger partial charge in [-0.25, -0.2) is 4.90 Å². The standard InChI is InChI=1S/C27H26N2O4/c1-5-33-20-13-11-19(12-14-20)29-26(30)24(21-15-10-17(2)16-18(21)3)25(27(29)31)28-22-8-6-7-9-23(22)32-4/h6-16,28H,5H2,1-4H3. The van der Waals surface area contributed by atoms with Crippen molar-refractivity contribution in [2.24, 2.45) is 0 Å². The number of benzene rings is 3. The normalized spacial score (nSPS) is 13.5. The van der Waals surface area contributed by atoms with Crippen LogP contribution in [0.3, 0.4) is 0 Å². The van der Waals surface area contributed by atoms with Crippen molar-refractivity contribution >= 4 is 28.8 Å². The molecule has 1 N–H and O–H groups in total. The number of anilines is 2. The molecule has 0 fully saturated rings. The number of hydrogen-bond acceptors (Lipinski definition) is 5. The minimum Gasteiger partial charge on any atom is -0.495 e. The summed E-state index contributed by atoms with van der Waals surface area (Å²) >= 11 is 0. The van der Waals surface area contributed by atoms with Gasteiger partial charge in [0.1, 0.15) is 17.2 Å². The van der Waals surface area contributed by atoms with E-state index < -0.39 is 5.91 Å². The third-order valence-corrected chi connectivity index (χ3v) is 5.51. The van der Waals surface area contributed by atoms with E-state index in [4.69, 9.17) is 9.47 Å². The van der Waals surface area contributed by atoms with Gasteiger partial charge in [-0.15, -0.1) is 0 Å². The van der Waals surface area contributed by atoms with Crippen LogP contribution in [0.4, 0.5) is 11.4 Å². The average Bonchev–Trinajstić information content (AvgIpc) is 3.04. The van der Waals surface area contributed by atoms with E-state index in [1.165, 1.54) is 4.90 Å². The molecular weight excluding hydrogens is 416 g/mol. The Balaban J connectivity index is 1.82. The van der Waals surface area contributed by atoms with Crippen molar-refractivity contribution in [2.75, 3.05) is 23.9 Å². The highest BCUT2D eigenvalue weighted by Gasteiger charge is 2.41. The lowest BCUT2D eigenvalue weighted by atomic mass is 9.97. The molecule has 0 radical (unpaired) electrons. The molecule has 168 valence electrons. The van der Waals surface area contributed by atoms with Crippen LogP contribution in [0.15, 0.2) is 72.4 Å². The van der Waals surface area contributed by atoms with Crippen LogP contribution < -0.4 is 19.7 Å². The van der Waals surface area contributed by atoms with Crippen molar-refractivity contribution in [3.63, 3.8) is 0 Å². The minimum atomic E-state index is -0.426. The molecule has 0 atom stereocenters. The predicted molar refractivity (Wildman–Crippen MR) is 130 cm³/mol. The van der Waals surface area contributed by atoms with E-state index in [2.05, 4.69) is 5.32 Å². The lowest BCUT2D eigenvalue weighted by Gasteiger charge is -2.16. The second-order valence-electron chi connectivity index (χ2n) is 7.77. The fourth-order valence-electron chi connectivity index (χ4n) is 3.96. The van der Waals surface area contributed by atoms with Gasteiger partial charge in [-0.1, -0.05) is 35.9 Å². The highest BCUT2D eigenvalue weighted by Crippen LogP contribution is 2.37. The maximum atomic E-state index is 13.7. The molecular formula is C27H26N2O4. The second kappa shape index (κ2) is 9.20. The van der Waals surface area contributed by atoms with Crippen molar-refractivity contribution < 1.29 is 19.1 Å². The predicted octanol–water partition coefficient (Wildman–Crippen LogP) is 5.11. The zero-order valence-electron chi connectivity index (χ0n) is 19.1. The number of ether oxygens (including phenoxy) is 2. The largest absolute Gasteiger partial charge is 0.495 e. The number of rotatable bonds is 7. The molecule has 1 heterocycles. The number of amides is 2. The van der Waals surface area contributed by atoms with Crippen LogP contribution in [0.1, 0.15) is 23.6 Å². The van der Waals surface area contributed by atoms with Crippen molar-refractivity contribution in [1.29, 1.82) is 0 Å². The number of aryl methyl sites for hydroxylation is 2. The molecule has 6 nitrogen and oxygen atoms in total. The number of nitrogens with one attached hydrogen (secondary N) is 1. The first kappa shape index (κ1) is 22.1. The van der Waals surface area contributed by atoms with Gasteiger partial charge in [0.2, 0.25) is 0 Å². The SMILES string of the molecule is CCOc1ccc(N2C(=O)C(Nc3ccccc3OC)=C(c3ccc(C)cc3C)C2=O)cc1. The molecule has 0 aliphatic carbocycles. The lowest BCUT2D eigenvalue weighted by Crippen LogP contribution is -2.32. The Morgan fingerprint density at radius 2 is 1.64 bits per heavy atom. The molecule has 0 saturated heterocycles. The van der Waals surface area contributed by atoms with Gasteiger partial charge >= 0.3 is 0 Å². The molecule has 33 heavy (non-hydrogen) atoms. The number of carbonyl (C=O) groups is 2. The molecule has 4 rings (SSSR count). The highest BCUT2D eigenvalue weighted by molar-refractivity contribution is 6.46. The number of nitrogens with zero attached hydrogens (tertiary/aromatic N) is 1. The van der Waals surface area contributed by atoms with Crippen molar-refractivity contribution in [3.05, 3.63) is 89.1 Å².